The minimum absolute atomic E-state index is 0.330. The number of rotatable bonds is 1. The highest BCUT2D eigenvalue weighted by Crippen LogP contribution is 2.62. The molecule has 2 saturated heterocycles. The Hall–Kier alpha value is -1.28. The lowest BCUT2D eigenvalue weighted by Crippen LogP contribution is -2.62. The first kappa shape index (κ1) is 13.2. The molecule has 3 heterocycles. The van der Waals surface area contributed by atoms with Crippen LogP contribution in [-0.2, 0) is 5.41 Å². The van der Waals surface area contributed by atoms with Gasteiger partial charge in [-0.1, -0.05) is 37.3 Å². The van der Waals surface area contributed by atoms with Crippen LogP contribution in [0.4, 0.5) is 5.69 Å². The van der Waals surface area contributed by atoms with Crippen LogP contribution in [0.3, 0.4) is 0 Å². The van der Waals surface area contributed by atoms with Crippen molar-refractivity contribution in [2.45, 2.75) is 50.1 Å². The zero-order valence-corrected chi connectivity index (χ0v) is 13.8. The van der Waals surface area contributed by atoms with E-state index in [0.717, 1.165) is 0 Å². The van der Waals surface area contributed by atoms with Crippen LogP contribution >= 0.6 is 0 Å². The van der Waals surface area contributed by atoms with Crippen molar-refractivity contribution in [1.82, 2.24) is 4.90 Å². The first-order valence-corrected chi connectivity index (χ1v) is 8.99. The van der Waals surface area contributed by atoms with Gasteiger partial charge in [-0.05, 0) is 50.4 Å². The molecule has 0 bridgehead atoms. The van der Waals surface area contributed by atoms with E-state index in [1.807, 2.05) is 0 Å². The number of para-hydroxylation sites is 1. The smallest absolute Gasteiger partial charge is 0.0583 e. The highest BCUT2D eigenvalue weighted by Gasteiger charge is 2.65. The molecule has 4 atom stereocenters. The van der Waals surface area contributed by atoms with Gasteiger partial charge < -0.3 is 4.90 Å². The molecule has 0 unspecified atom stereocenters. The molecule has 1 aliphatic carbocycles. The van der Waals surface area contributed by atoms with Gasteiger partial charge in [-0.15, -0.1) is 0 Å². The second kappa shape index (κ2) is 4.17. The third-order valence-corrected chi connectivity index (χ3v) is 7.30. The fourth-order valence-corrected chi connectivity index (χ4v) is 6.45. The number of likely N-dealkylation sites (N-methyl/N-ethyl adjacent to an activating group) is 1. The monoisotopic (exact) mass is 294 g/mol. The van der Waals surface area contributed by atoms with Crippen molar-refractivity contribution in [2.24, 2.45) is 5.41 Å². The maximum absolute atomic E-state index is 2.83. The van der Waals surface area contributed by atoms with Gasteiger partial charge in [0, 0.05) is 29.6 Å². The lowest BCUT2D eigenvalue weighted by atomic mass is 9.55. The van der Waals surface area contributed by atoms with E-state index in [4.69, 9.17) is 0 Å². The highest BCUT2D eigenvalue weighted by molar-refractivity contribution is 5.68. The summed E-state index contributed by atoms with van der Waals surface area (Å²) in [5.74, 6) is 0. The maximum Gasteiger partial charge on any atom is 0.0583 e. The third kappa shape index (κ3) is 1.28. The van der Waals surface area contributed by atoms with Crippen LogP contribution in [0.15, 0.2) is 36.4 Å². The van der Waals surface area contributed by atoms with E-state index >= 15 is 0 Å². The molecular weight excluding hydrogens is 268 g/mol. The van der Waals surface area contributed by atoms with E-state index in [1.165, 1.54) is 44.5 Å². The largest absolute Gasteiger partial charge is 0.367 e. The molecule has 1 aromatic carbocycles. The van der Waals surface area contributed by atoms with Crippen molar-refractivity contribution in [3.8, 4) is 0 Å². The molecular formula is C20H26N2. The Bertz CT molecular complexity index is 651. The summed E-state index contributed by atoms with van der Waals surface area (Å²) in [6.45, 7) is 5.00. The molecule has 0 amide bonds. The van der Waals surface area contributed by atoms with Gasteiger partial charge in [0.05, 0.1) is 6.04 Å². The number of piperidine rings is 1. The Morgan fingerprint density at radius 3 is 2.91 bits per heavy atom. The number of benzene rings is 1. The molecule has 116 valence electrons. The Morgan fingerprint density at radius 1 is 1.18 bits per heavy atom. The molecule has 1 aromatic rings. The zero-order chi connectivity index (χ0) is 14.9. The van der Waals surface area contributed by atoms with Gasteiger partial charge in [0.15, 0.2) is 0 Å². The number of nitrogens with zero attached hydrogens (tertiary/aromatic N) is 2. The summed E-state index contributed by atoms with van der Waals surface area (Å²) in [5.41, 5.74) is 3.83. The van der Waals surface area contributed by atoms with Crippen LogP contribution < -0.4 is 4.90 Å². The summed E-state index contributed by atoms with van der Waals surface area (Å²) in [7, 11) is 2.30. The maximum atomic E-state index is 2.83. The molecule has 2 fully saturated rings. The average molecular weight is 294 g/mol. The lowest BCUT2D eigenvalue weighted by molar-refractivity contribution is 0.0301. The minimum atomic E-state index is 0.330. The fraction of sp³-hybridized carbons (Fsp3) is 0.600. The van der Waals surface area contributed by atoms with E-state index < -0.39 is 0 Å². The SMILES string of the molecule is CC[C@@]12C=C[C@@H]3N(C)c4ccccc4[C@@]34CCN(CCC1)[C@@H]24. The summed E-state index contributed by atoms with van der Waals surface area (Å²) in [5, 5.41) is 0. The quantitative estimate of drug-likeness (QED) is 0.731. The molecule has 22 heavy (non-hydrogen) atoms. The van der Waals surface area contributed by atoms with Gasteiger partial charge in [0.25, 0.3) is 0 Å². The summed E-state index contributed by atoms with van der Waals surface area (Å²) in [6, 6.07) is 10.5. The minimum Gasteiger partial charge on any atom is -0.367 e. The predicted molar refractivity (Wildman–Crippen MR) is 91.4 cm³/mol. The molecule has 4 aliphatic rings. The Morgan fingerprint density at radius 2 is 2.05 bits per heavy atom. The van der Waals surface area contributed by atoms with Gasteiger partial charge in [0.1, 0.15) is 0 Å². The van der Waals surface area contributed by atoms with Crippen LogP contribution in [0.25, 0.3) is 0 Å². The molecule has 2 nitrogen and oxygen atoms in total. The summed E-state index contributed by atoms with van der Waals surface area (Å²) < 4.78 is 0. The van der Waals surface area contributed by atoms with Gasteiger partial charge in [-0.25, -0.2) is 0 Å². The first-order valence-electron chi connectivity index (χ1n) is 8.99. The topological polar surface area (TPSA) is 6.48 Å². The normalized spacial score (nSPS) is 42.2. The Labute approximate surface area is 133 Å². The second-order valence-electron chi connectivity index (χ2n) is 7.85. The van der Waals surface area contributed by atoms with Crippen LogP contribution in [0.1, 0.15) is 38.2 Å². The molecule has 0 N–H and O–H groups in total. The predicted octanol–water partition coefficient (Wildman–Crippen LogP) is 3.58. The molecule has 5 rings (SSSR count). The van der Waals surface area contributed by atoms with E-state index in [2.05, 4.69) is 60.2 Å². The van der Waals surface area contributed by atoms with Crippen molar-refractivity contribution >= 4 is 5.69 Å². The summed E-state index contributed by atoms with van der Waals surface area (Å²) in [4.78, 5) is 5.38. The zero-order valence-electron chi connectivity index (χ0n) is 13.8. The van der Waals surface area contributed by atoms with E-state index in [9.17, 15) is 0 Å². The van der Waals surface area contributed by atoms with Gasteiger partial charge in [-0.2, -0.15) is 0 Å². The number of hydrogen-bond acceptors (Lipinski definition) is 2. The molecule has 0 radical (unpaired) electrons. The molecule has 0 aromatic heterocycles. The Balaban J connectivity index is 1.78. The fourth-order valence-electron chi connectivity index (χ4n) is 6.45. The van der Waals surface area contributed by atoms with Crippen molar-refractivity contribution in [3.05, 3.63) is 42.0 Å². The molecule has 3 aliphatic heterocycles. The lowest BCUT2D eigenvalue weighted by Gasteiger charge is -2.55. The third-order valence-electron chi connectivity index (χ3n) is 7.30. The van der Waals surface area contributed by atoms with Gasteiger partial charge in [0.2, 0.25) is 0 Å². The van der Waals surface area contributed by atoms with Crippen LogP contribution in [0.2, 0.25) is 0 Å². The van der Waals surface area contributed by atoms with Crippen LogP contribution in [0, 0.1) is 5.41 Å². The first-order chi connectivity index (χ1) is 10.7. The van der Waals surface area contributed by atoms with E-state index in [0.29, 0.717) is 22.9 Å². The molecule has 0 saturated carbocycles. The van der Waals surface area contributed by atoms with E-state index in [-0.39, 0.29) is 0 Å². The second-order valence-corrected chi connectivity index (χ2v) is 7.85. The van der Waals surface area contributed by atoms with Gasteiger partial charge >= 0.3 is 0 Å². The number of fused-ring (bicyclic) bond motifs is 1. The van der Waals surface area contributed by atoms with Crippen molar-refractivity contribution in [1.29, 1.82) is 0 Å². The van der Waals surface area contributed by atoms with Crippen molar-refractivity contribution in [2.75, 3.05) is 25.0 Å². The standard InChI is InChI=1S/C20H26N2/c1-3-19-10-6-13-22-14-12-20(18(19)22)15-7-4-5-8-16(15)21(2)17(20)9-11-19/h4-5,7-9,11,17-18H,3,6,10,12-14H2,1-2H3/t17-,18-,19-,20-/m0/s1. The number of hydrogen-bond donors (Lipinski definition) is 0. The average Bonchev–Trinajstić information content (AvgIpc) is 3.08. The van der Waals surface area contributed by atoms with Crippen LogP contribution in [0.5, 0.6) is 0 Å². The molecule has 1 spiro atoms. The van der Waals surface area contributed by atoms with Crippen LogP contribution in [-0.4, -0.2) is 37.1 Å². The molecule has 2 heteroatoms. The summed E-state index contributed by atoms with van der Waals surface area (Å²) >= 11 is 0. The summed E-state index contributed by atoms with van der Waals surface area (Å²) in [6.07, 6.45) is 10.5. The number of anilines is 1. The van der Waals surface area contributed by atoms with E-state index in [1.54, 1.807) is 5.56 Å². The van der Waals surface area contributed by atoms with Crippen molar-refractivity contribution < 1.29 is 0 Å². The Kier molecular flexibility index (Phi) is 2.50. The van der Waals surface area contributed by atoms with Crippen molar-refractivity contribution in [3.63, 3.8) is 0 Å². The van der Waals surface area contributed by atoms with Gasteiger partial charge in [-0.3, -0.25) is 4.90 Å². The highest BCUT2D eigenvalue weighted by atomic mass is 15.3.